The molecule has 0 spiro atoms. The largest absolute Gasteiger partial charge is 0.356 e. The van der Waals surface area contributed by atoms with Gasteiger partial charge in [0.1, 0.15) is 0 Å². The molecule has 0 aliphatic heterocycles. The lowest BCUT2D eigenvalue weighted by atomic mass is 10.3. The fourth-order valence-electron chi connectivity index (χ4n) is 1.60. The average Bonchev–Trinajstić information content (AvgIpc) is 2.60. The molecule has 0 bridgehead atoms. The van der Waals surface area contributed by atoms with Crippen molar-refractivity contribution in [2.24, 2.45) is 0 Å². The number of aromatic nitrogens is 2. The predicted molar refractivity (Wildman–Crippen MR) is 75.2 cm³/mol. The molecule has 1 aromatic heterocycles. The molecule has 0 radical (unpaired) electrons. The van der Waals surface area contributed by atoms with Crippen molar-refractivity contribution in [3.8, 4) is 5.69 Å². The Morgan fingerprint density at radius 2 is 2.25 bits per heavy atom. The van der Waals surface area contributed by atoms with Crippen LogP contribution in [0.5, 0.6) is 0 Å². The Morgan fingerprint density at radius 3 is 2.94 bits per heavy atom. The molecule has 0 aliphatic rings. The van der Waals surface area contributed by atoms with Crippen molar-refractivity contribution in [3.63, 3.8) is 0 Å². The lowest BCUT2D eigenvalue weighted by Crippen LogP contribution is -2.04. The molecule has 0 saturated heterocycles. The Bertz CT molecular complexity index is 491. The zero-order valence-electron chi connectivity index (χ0n) is 9.37. The van der Waals surface area contributed by atoms with Gasteiger partial charge in [-0.05, 0) is 54.6 Å². The van der Waals surface area contributed by atoms with Crippen LogP contribution in [0.15, 0.2) is 30.5 Å². The molecule has 0 fully saturated rings. The van der Waals surface area contributed by atoms with Crippen LogP contribution in [0.4, 0.5) is 5.95 Å². The maximum absolute atomic E-state index is 4.46. The van der Waals surface area contributed by atoms with Gasteiger partial charge in [0.05, 0.1) is 5.69 Å². The van der Waals surface area contributed by atoms with Crippen LogP contribution in [-0.4, -0.2) is 16.1 Å². The molecular formula is C12H14IN3. The molecule has 1 heterocycles. The zero-order valence-corrected chi connectivity index (χ0v) is 11.5. The smallest absolute Gasteiger partial charge is 0.207 e. The lowest BCUT2D eigenvalue weighted by molar-refractivity contribution is 1.02. The highest BCUT2D eigenvalue weighted by Gasteiger charge is 2.06. The maximum Gasteiger partial charge on any atom is 0.207 e. The van der Waals surface area contributed by atoms with E-state index in [2.05, 4.69) is 68.6 Å². The van der Waals surface area contributed by atoms with Crippen molar-refractivity contribution < 1.29 is 0 Å². The van der Waals surface area contributed by atoms with Gasteiger partial charge in [-0.25, -0.2) is 4.98 Å². The Labute approximate surface area is 109 Å². The third kappa shape index (κ3) is 2.37. The first-order valence-corrected chi connectivity index (χ1v) is 6.34. The molecular weight excluding hydrogens is 313 g/mol. The number of hydrogen-bond acceptors (Lipinski definition) is 2. The van der Waals surface area contributed by atoms with Crippen LogP contribution in [-0.2, 0) is 0 Å². The number of aryl methyl sites for hydroxylation is 1. The van der Waals surface area contributed by atoms with Gasteiger partial charge in [-0.3, -0.25) is 4.57 Å². The second-order valence-electron chi connectivity index (χ2n) is 3.59. The number of nitrogens with zero attached hydrogens (tertiary/aromatic N) is 2. The van der Waals surface area contributed by atoms with Crippen molar-refractivity contribution in [3.05, 3.63) is 39.7 Å². The number of hydrogen-bond donors (Lipinski definition) is 1. The quantitative estimate of drug-likeness (QED) is 0.878. The van der Waals surface area contributed by atoms with Gasteiger partial charge >= 0.3 is 0 Å². The molecule has 4 heteroatoms. The van der Waals surface area contributed by atoms with Crippen molar-refractivity contribution in [2.75, 3.05) is 11.9 Å². The molecule has 84 valence electrons. The van der Waals surface area contributed by atoms with Crippen LogP contribution in [0.25, 0.3) is 5.69 Å². The Hall–Kier alpha value is -1.04. The number of halogens is 1. The molecule has 2 aromatic rings. The van der Waals surface area contributed by atoms with Gasteiger partial charge in [0, 0.05) is 22.0 Å². The Kier molecular flexibility index (Phi) is 3.48. The molecule has 0 unspecified atom stereocenters. The van der Waals surface area contributed by atoms with Crippen molar-refractivity contribution in [1.82, 2.24) is 9.55 Å². The van der Waals surface area contributed by atoms with E-state index in [0.717, 1.165) is 23.9 Å². The topological polar surface area (TPSA) is 29.9 Å². The van der Waals surface area contributed by atoms with Crippen molar-refractivity contribution in [1.29, 1.82) is 0 Å². The number of anilines is 1. The SMILES string of the molecule is CCNc1nc(C)cn1-c1cccc(I)c1. The monoisotopic (exact) mass is 327 g/mol. The van der Waals surface area contributed by atoms with E-state index in [-0.39, 0.29) is 0 Å². The van der Waals surface area contributed by atoms with Gasteiger partial charge in [-0.15, -0.1) is 0 Å². The van der Waals surface area contributed by atoms with Gasteiger partial charge in [0.25, 0.3) is 0 Å². The van der Waals surface area contributed by atoms with Crippen molar-refractivity contribution >= 4 is 28.5 Å². The normalized spacial score (nSPS) is 10.4. The van der Waals surface area contributed by atoms with E-state index in [0.29, 0.717) is 0 Å². The Balaban J connectivity index is 2.46. The second kappa shape index (κ2) is 4.86. The van der Waals surface area contributed by atoms with Crippen LogP contribution in [0.1, 0.15) is 12.6 Å². The molecule has 0 amide bonds. The number of benzene rings is 1. The van der Waals surface area contributed by atoms with Crippen LogP contribution in [0, 0.1) is 10.5 Å². The highest BCUT2D eigenvalue weighted by atomic mass is 127. The first kappa shape index (κ1) is 11.4. The molecule has 0 aliphatic carbocycles. The summed E-state index contributed by atoms with van der Waals surface area (Å²) < 4.78 is 3.31. The predicted octanol–water partition coefficient (Wildman–Crippen LogP) is 3.22. The summed E-state index contributed by atoms with van der Waals surface area (Å²) in [4.78, 5) is 4.46. The molecule has 0 atom stereocenters. The van der Waals surface area contributed by atoms with Crippen LogP contribution in [0.3, 0.4) is 0 Å². The highest BCUT2D eigenvalue weighted by molar-refractivity contribution is 14.1. The van der Waals surface area contributed by atoms with E-state index < -0.39 is 0 Å². The minimum Gasteiger partial charge on any atom is -0.356 e. The summed E-state index contributed by atoms with van der Waals surface area (Å²) in [7, 11) is 0. The fraction of sp³-hybridized carbons (Fsp3) is 0.250. The maximum atomic E-state index is 4.46. The van der Waals surface area contributed by atoms with E-state index in [1.807, 2.05) is 13.1 Å². The molecule has 3 nitrogen and oxygen atoms in total. The third-order valence-corrected chi connectivity index (χ3v) is 2.92. The minimum atomic E-state index is 0.875. The molecule has 16 heavy (non-hydrogen) atoms. The summed E-state index contributed by atoms with van der Waals surface area (Å²) in [5, 5.41) is 3.26. The highest BCUT2D eigenvalue weighted by Crippen LogP contribution is 2.18. The molecule has 0 saturated carbocycles. The lowest BCUT2D eigenvalue weighted by Gasteiger charge is -2.08. The summed E-state index contributed by atoms with van der Waals surface area (Å²) in [6, 6.07) is 8.37. The summed E-state index contributed by atoms with van der Waals surface area (Å²) in [6.07, 6.45) is 2.05. The van der Waals surface area contributed by atoms with Crippen LogP contribution in [0.2, 0.25) is 0 Å². The minimum absolute atomic E-state index is 0.875. The first-order chi connectivity index (χ1) is 7.70. The van der Waals surface area contributed by atoms with E-state index in [9.17, 15) is 0 Å². The first-order valence-electron chi connectivity index (χ1n) is 5.26. The summed E-state index contributed by atoms with van der Waals surface area (Å²) in [6.45, 7) is 4.95. The van der Waals surface area contributed by atoms with Gasteiger partial charge in [-0.2, -0.15) is 0 Å². The van der Waals surface area contributed by atoms with E-state index >= 15 is 0 Å². The van der Waals surface area contributed by atoms with Gasteiger partial charge in [0.2, 0.25) is 5.95 Å². The fourth-order valence-corrected chi connectivity index (χ4v) is 2.13. The third-order valence-electron chi connectivity index (χ3n) is 2.25. The van der Waals surface area contributed by atoms with E-state index in [1.54, 1.807) is 0 Å². The summed E-state index contributed by atoms with van der Waals surface area (Å²) in [5.41, 5.74) is 2.17. The van der Waals surface area contributed by atoms with Crippen molar-refractivity contribution in [2.45, 2.75) is 13.8 Å². The second-order valence-corrected chi connectivity index (χ2v) is 4.83. The number of nitrogens with one attached hydrogen (secondary N) is 1. The standard InChI is InChI=1S/C12H14IN3/c1-3-14-12-15-9(2)8-16(12)11-6-4-5-10(13)7-11/h4-8H,3H2,1-2H3,(H,14,15). The Morgan fingerprint density at radius 1 is 1.44 bits per heavy atom. The van der Waals surface area contributed by atoms with E-state index in [1.165, 1.54) is 3.57 Å². The average molecular weight is 327 g/mol. The van der Waals surface area contributed by atoms with Gasteiger partial charge in [-0.1, -0.05) is 6.07 Å². The number of rotatable bonds is 3. The summed E-state index contributed by atoms with van der Waals surface area (Å²) in [5.74, 6) is 0.905. The number of imidazole rings is 1. The van der Waals surface area contributed by atoms with E-state index in [4.69, 9.17) is 0 Å². The van der Waals surface area contributed by atoms with Crippen LogP contribution < -0.4 is 5.32 Å². The summed E-state index contributed by atoms with van der Waals surface area (Å²) >= 11 is 2.32. The zero-order chi connectivity index (χ0) is 11.5. The van der Waals surface area contributed by atoms with Crippen LogP contribution >= 0.6 is 22.6 Å². The van der Waals surface area contributed by atoms with Gasteiger partial charge in [0.15, 0.2) is 0 Å². The molecule has 1 N–H and O–H groups in total. The molecule has 2 rings (SSSR count). The van der Waals surface area contributed by atoms with Gasteiger partial charge < -0.3 is 5.32 Å². The molecule has 1 aromatic carbocycles.